The molecule has 2 aromatic heterocycles. The van der Waals surface area contributed by atoms with Crippen LogP contribution in [-0.2, 0) is 11.3 Å². The minimum absolute atomic E-state index is 0.202. The molecule has 1 fully saturated rings. The molecule has 0 N–H and O–H groups in total. The number of rotatable bonds is 6. The Morgan fingerprint density at radius 3 is 2.54 bits per heavy atom. The van der Waals surface area contributed by atoms with Crippen LogP contribution < -0.4 is 4.74 Å². The molecule has 10 heteroatoms. The highest BCUT2D eigenvalue weighted by Crippen LogP contribution is 2.46. The van der Waals surface area contributed by atoms with Gasteiger partial charge in [-0.15, -0.1) is 0 Å². The number of halogens is 3. The first-order chi connectivity index (χ1) is 19.9. The second kappa shape index (κ2) is 11.4. The summed E-state index contributed by atoms with van der Waals surface area (Å²) in [5.41, 5.74) is 4.35. The average molecular weight is 605 g/mol. The molecule has 6 rings (SSSR count). The van der Waals surface area contributed by atoms with Gasteiger partial charge in [-0.2, -0.15) is 0 Å². The van der Waals surface area contributed by atoms with Crippen molar-refractivity contribution in [2.45, 2.75) is 25.4 Å². The third-order valence-electron chi connectivity index (χ3n) is 6.59. The molecule has 0 unspecified atom stereocenters. The van der Waals surface area contributed by atoms with Crippen LogP contribution in [0.25, 0.3) is 22.3 Å². The molecule has 0 radical (unpaired) electrons. The number of nitrogens with zero attached hydrogens (tertiary/aromatic N) is 3. The number of aromatic nitrogens is 3. The monoisotopic (exact) mass is 603 g/mol. The van der Waals surface area contributed by atoms with Gasteiger partial charge in [-0.1, -0.05) is 58.0 Å². The van der Waals surface area contributed by atoms with Crippen LogP contribution in [0.2, 0.25) is 15.1 Å². The first kappa shape index (κ1) is 27.1. The Kier molecular flexibility index (Phi) is 7.55. The fourth-order valence-electron chi connectivity index (χ4n) is 4.40. The van der Waals surface area contributed by atoms with E-state index in [0.717, 1.165) is 24.2 Å². The summed E-state index contributed by atoms with van der Waals surface area (Å²) >= 11 is 19.5. The fraction of sp³-hybridized carbons (Fsp3) is 0.161. The predicted molar refractivity (Wildman–Crippen MR) is 157 cm³/mol. The highest BCUT2D eigenvalue weighted by atomic mass is 35.5. The van der Waals surface area contributed by atoms with Crippen molar-refractivity contribution < 1.29 is 18.8 Å². The van der Waals surface area contributed by atoms with E-state index in [9.17, 15) is 4.79 Å². The van der Waals surface area contributed by atoms with E-state index in [0.29, 0.717) is 65.8 Å². The van der Waals surface area contributed by atoms with Gasteiger partial charge in [0.1, 0.15) is 35.0 Å². The zero-order valence-electron chi connectivity index (χ0n) is 21.6. The van der Waals surface area contributed by atoms with Gasteiger partial charge in [0.05, 0.1) is 45.0 Å². The average Bonchev–Trinajstić information content (AvgIpc) is 3.74. The van der Waals surface area contributed by atoms with Crippen molar-refractivity contribution in [3.05, 3.63) is 104 Å². The minimum Gasteiger partial charge on any atom is -0.489 e. The van der Waals surface area contributed by atoms with Crippen LogP contribution in [0.4, 0.5) is 0 Å². The number of hydrogen-bond acceptors (Lipinski definition) is 7. The van der Waals surface area contributed by atoms with Crippen LogP contribution in [0.1, 0.15) is 51.7 Å². The Morgan fingerprint density at radius 2 is 1.80 bits per heavy atom. The van der Waals surface area contributed by atoms with Crippen molar-refractivity contribution in [3.8, 4) is 28.8 Å². The molecule has 1 saturated carbocycles. The van der Waals surface area contributed by atoms with Gasteiger partial charge in [0.2, 0.25) is 0 Å². The lowest BCUT2D eigenvalue weighted by Gasteiger charge is -2.10. The van der Waals surface area contributed by atoms with Crippen molar-refractivity contribution >= 4 is 51.8 Å². The Morgan fingerprint density at radius 1 is 1.02 bits per heavy atom. The van der Waals surface area contributed by atoms with Crippen molar-refractivity contribution in [1.29, 1.82) is 0 Å². The molecule has 0 bridgehead atoms. The summed E-state index contributed by atoms with van der Waals surface area (Å²) in [4.78, 5) is 20.9. The highest BCUT2D eigenvalue weighted by Gasteiger charge is 2.33. The molecule has 2 heterocycles. The zero-order valence-corrected chi connectivity index (χ0v) is 23.8. The molecule has 7 nitrogen and oxygen atoms in total. The number of para-hydroxylation sites is 1. The molecule has 0 atom stereocenters. The molecule has 0 saturated heterocycles. The van der Waals surface area contributed by atoms with E-state index in [1.54, 1.807) is 54.6 Å². The lowest BCUT2D eigenvalue weighted by atomic mass is 10.0. The highest BCUT2D eigenvalue weighted by molar-refractivity contribution is 6.39. The van der Waals surface area contributed by atoms with Crippen molar-refractivity contribution in [3.63, 3.8) is 0 Å². The SMILES string of the molecule is COC(=O)c1cccc2nc(C#Cc3ccc(OCc4c(-c5c(Cl)cccc5Cl)noc4C4CC4)cc3Cl)cnc12. The minimum atomic E-state index is -0.477. The number of carbonyl (C=O) groups is 1. The molecule has 41 heavy (non-hydrogen) atoms. The Balaban J connectivity index is 1.22. The first-order valence-corrected chi connectivity index (χ1v) is 13.8. The molecule has 0 spiro atoms. The summed E-state index contributed by atoms with van der Waals surface area (Å²) < 4.78 is 16.7. The Hall–Kier alpha value is -4.09. The topological polar surface area (TPSA) is 87.3 Å². The summed E-state index contributed by atoms with van der Waals surface area (Å²) in [6.45, 7) is 0.202. The van der Waals surface area contributed by atoms with Gasteiger partial charge < -0.3 is 14.0 Å². The standard InChI is InChI=1S/C31H20Cl3N3O4/c1-39-31(38)21-4-2-7-26-28(21)35-15-19(36-26)12-10-17-11-13-20(14-25(17)34)40-16-22-29(37-41-30(22)18-8-9-18)27-23(32)5-3-6-24(27)33/h2-7,11,13-15,18H,8-9,16H2,1H3. The maximum atomic E-state index is 12.0. The molecule has 1 aliphatic rings. The summed E-state index contributed by atoms with van der Waals surface area (Å²) in [7, 11) is 1.32. The van der Waals surface area contributed by atoms with E-state index in [2.05, 4.69) is 27.0 Å². The van der Waals surface area contributed by atoms with Gasteiger partial charge in [0.25, 0.3) is 0 Å². The fourth-order valence-corrected chi connectivity index (χ4v) is 5.19. The van der Waals surface area contributed by atoms with Crippen LogP contribution in [0, 0.1) is 11.8 Å². The summed E-state index contributed by atoms with van der Waals surface area (Å²) in [5.74, 6) is 7.19. The maximum absolute atomic E-state index is 12.0. The number of methoxy groups -OCH3 is 1. The first-order valence-electron chi connectivity index (χ1n) is 12.6. The number of hydrogen-bond donors (Lipinski definition) is 0. The quantitative estimate of drug-likeness (QED) is 0.144. The van der Waals surface area contributed by atoms with E-state index in [4.69, 9.17) is 48.8 Å². The van der Waals surface area contributed by atoms with Crippen LogP contribution in [-0.4, -0.2) is 28.2 Å². The number of esters is 1. The molecule has 1 aliphatic carbocycles. The zero-order chi connectivity index (χ0) is 28.5. The third kappa shape index (κ3) is 5.59. The normalized spacial score (nSPS) is 12.6. The smallest absolute Gasteiger partial charge is 0.340 e. The lowest BCUT2D eigenvalue weighted by molar-refractivity contribution is 0.0602. The Bertz CT molecular complexity index is 1850. The van der Waals surface area contributed by atoms with Gasteiger partial charge in [-0.05, 0) is 55.2 Å². The van der Waals surface area contributed by atoms with Crippen molar-refractivity contribution in [1.82, 2.24) is 15.1 Å². The van der Waals surface area contributed by atoms with E-state index < -0.39 is 5.97 Å². The van der Waals surface area contributed by atoms with Gasteiger partial charge in [0, 0.05) is 23.1 Å². The van der Waals surface area contributed by atoms with Crippen molar-refractivity contribution in [2.24, 2.45) is 0 Å². The molecular formula is C31H20Cl3N3O4. The van der Waals surface area contributed by atoms with Gasteiger partial charge in [-0.25, -0.2) is 9.78 Å². The number of benzene rings is 3. The summed E-state index contributed by atoms with van der Waals surface area (Å²) in [5, 5.41) is 5.69. The third-order valence-corrected chi connectivity index (χ3v) is 7.53. The van der Waals surface area contributed by atoms with Gasteiger partial charge in [0.15, 0.2) is 0 Å². The summed E-state index contributed by atoms with van der Waals surface area (Å²) in [6, 6.07) is 15.7. The molecule has 204 valence electrons. The second-order valence-electron chi connectivity index (χ2n) is 9.35. The van der Waals surface area contributed by atoms with E-state index in [-0.39, 0.29) is 6.61 Å². The largest absolute Gasteiger partial charge is 0.489 e. The number of carbonyl (C=O) groups excluding carboxylic acids is 1. The summed E-state index contributed by atoms with van der Waals surface area (Å²) in [6.07, 6.45) is 3.57. The van der Waals surface area contributed by atoms with E-state index >= 15 is 0 Å². The number of ether oxygens (including phenoxy) is 2. The predicted octanol–water partition coefficient (Wildman–Crippen LogP) is 7.89. The maximum Gasteiger partial charge on any atom is 0.340 e. The van der Waals surface area contributed by atoms with E-state index in [1.807, 2.05) is 0 Å². The molecule has 3 aromatic carbocycles. The Labute approximate surface area is 250 Å². The second-order valence-corrected chi connectivity index (χ2v) is 10.6. The van der Waals surface area contributed by atoms with Crippen LogP contribution in [0.15, 0.2) is 65.3 Å². The van der Waals surface area contributed by atoms with Gasteiger partial charge in [-0.3, -0.25) is 4.98 Å². The lowest BCUT2D eigenvalue weighted by Crippen LogP contribution is -2.03. The number of fused-ring (bicyclic) bond motifs is 1. The molecule has 5 aromatic rings. The molecule has 0 aliphatic heterocycles. The molecule has 0 amide bonds. The van der Waals surface area contributed by atoms with E-state index in [1.165, 1.54) is 13.3 Å². The van der Waals surface area contributed by atoms with Crippen LogP contribution >= 0.6 is 34.8 Å². The van der Waals surface area contributed by atoms with Crippen molar-refractivity contribution in [2.75, 3.05) is 7.11 Å². The van der Waals surface area contributed by atoms with Gasteiger partial charge >= 0.3 is 5.97 Å². The van der Waals surface area contributed by atoms with Crippen LogP contribution in [0.5, 0.6) is 5.75 Å². The van der Waals surface area contributed by atoms with Crippen LogP contribution in [0.3, 0.4) is 0 Å². The molecular weight excluding hydrogens is 585 g/mol.